The first-order chi connectivity index (χ1) is 6.77. The first-order valence-electron chi connectivity index (χ1n) is 4.87. The Hall–Kier alpha value is -1.57. The summed E-state index contributed by atoms with van der Waals surface area (Å²) in [5.41, 5.74) is 2.43. The first-order valence-corrected chi connectivity index (χ1v) is 4.87. The van der Waals surface area contributed by atoms with Crippen LogP contribution < -0.4 is 9.30 Å². The SMILES string of the molecule is Cc1ccc2ccc[n+]3c2c1OC3C. The molecule has 0 spiro atoms. The zero-order valence-electron chi connectivity index (χ0n) is 8.32. The fourth-order valence-electron chi connectivity index (χ4n) is 2.08. The summed E-state index contributed by atoms with van der Waals surface area (Å²) < 4.78 is 7.99. The van der Waals surface area contributed by atoms with E-state index in [0.717, 1.165) is 5.75 Å². The van der Waals surface area contributed by atoms with E-state index >= 15 is 0 Å². The smallest absolute Gasteiger partial charge is 0.299 e. The minimum Gasteiger partial charge on any atom is -0.426 e. The normalized spacial score (nSPS) is 18.6. The van der Waals surface area contributed by atoms with E-state index in [4.69, 9.17) is 4.74 Å². The molecule has 0 bridgehead atoms. The van der Waals surface area contributed by atoms with Crippen molar-refractivity contribution in [2.75, 3.05) is 0 Å². The van der Waals surface area contributed by atoms with Gasteiger partial charge in [0.2, 0.25) is 5.75 Å². The molecule has 14 heavy (non-hydrogen) atoms. The maximum absolute atomic E-state index is 5.82. The van der Waals surface area contributed by atoms with Crippen LogP contribution in [0.1, 0.15) is 18.7 Å². The Labute approximate surface area is 82.7 Å². The van der Waals surface area contributed by atoms with Crippen molar-refractivity contribution in [2.24, 2.45) is 0 Å². The summed E-state index contributed by atoms with van der Waals surface area (Å²) in [5.74, 6) is 1.04. The standard InChI is InChI=1S/C12H12NO/c1-8-5-6-10-4-3-7-13-9(2)14-12(8)11(10)13/h3-7,9H,1-2H3/q+1. The molecule has 0 radical (unpaired) electrons. The van der Waals surface area contributed by atoms with Gasteiger partial charge in [-0.05, 0) is 24.6 Å². The molecule has 70 valence electrons. The maximum Gasteiger partial charge on any atom is 0.299 e. The summed E-state index contributed by atoms with van der Waals surface area (Å²) in [5, 5.41) is 1.25. The van der Waals surface area contributed by atoms with E-state index < -0.39 is 0 Å². The molecule has 0 N–H and O–H groups in total. The van der Waals surface area contributed by atoms with Gasteiger partial charge in [-0.2, -0.15) is 4.57 Å². The fourth-order valence-corrected chi connectivity index (χ4v) is 2.08. The van der Waals surface area contributed by atoms with E-state index in [1.54, 1.807) is 0 Å². The van der Waals surface area contributed by atoms with Crippen LogP contribution in [0.4, 0.5) is 0 Å². The molecule has 0 aliphatic carbocycles. The van der Waals surface area contributed by atoms with Gasteiger partial charge < -0.3 is 4.74 Å². The second-order valence-electron chi connectivity index (χ2n) is 3.78. The zero-order chi connectivity index (χ0) is 9.71. The number of aryl methyl sites for hydroxylation is 1. The number of ether oxygens (including phenoxy) is 1. The lowest BCUT2D eigenvalue weighted by Crippen LogP contribution is -2.36. The van der Waals surface area contributed by atoms with Gasteiger partial charge in [0.1, 0.15) is 0 Å². The molecular weight excluding hydrogens is 174 g/mol. The highest BCUT2D eigenvalue weighted by molar-refractivity contribution is 5.83. The van der Waals surface area contributed by atoms with Crippen LogP contribution >= 0.6 is 0 Å². The van der Waals surface area contributed by atoms with Gasteiger partial charge in [0.25, 0.3) is 11.7 Å². The van der Waals surface area contributed by atoms with Crippen molar-refractivity contribution in [1.82, 2.24) is 0 Å². The Balaban J connectivity index is 2.51. The van der Waals surface area contributed by atoms with Gasteiger partial charge in [-0.15, -0.1) is 0 Å². The highest BCUT2D eigenvalue weighted by Crippen LogP contribution is 2.33. The molecule has 0 fully saturated rings. The number of aromatic nitrogens is 1. The molecule has 1 aromatic heterocycles. The predicted octanol–water partition coefficient (Wildman–Crippen LogP) is 2.35. The van der Waals surface area contributed by atoms with Crippen LogP contribution in [0.15, 0.2) is 30.5 Å². The van der Waals surface area contributed by atoms with Gasteiger partial charge in [-0.1, -0.05) is 6.07 Å². The quantitative estimate of drug-likeness (QED) is 0.575. The van der Waals surface area contributed by atoms with Gasteiger partial charge >= 0.3 is 0 Å². The molecule has 1 atom stereocenters. The molecule has 0 saturated carbocycles. The molecule has 0 amide bonds. The average molecular weight is 186 g/mol. The van der Waals surface area contributed by atoms with E-state index in [1.807, 2.05) is 0 Å². The molecule has 2 heteroatoms. The monoisotopic (exact) mass is 186 g/mol. The van der Waals surface area contributed by atoms with Crippen LogP contribution in [0.2, 0.25) is 0 Å². The van der Waals surface area contributed by atoms with Crippen molar-refractivity contribution in [3.8, 4) is 5.75 Å². The summed E-state index contributed by atoms with van der Waals surface area (Å²) in [4.78, 5) is 0. The minimum atomic E-state index is 0.120. The van der Waals surface area contributed by atoms with Crippen LogP contribution in [0.3, 0.4) is 0 Å². The molecule has 0 saturated heterocycles. The number of hydrogen-bond acceptors (Lipinski definition) is 1. The average Bonchev–Trinajstić information content (AvgIpc) is 2.53. The van der Waals surface area contributed by atoms with E-state index in [-0.39, 0.29) is 6.23 Å². The van der Waals surface area contributed by atoms with Crippen LogP contribution in [-0.4, -0.2) is 0 Å². The highest BCUT2D eigenvalue weighted by atomic mass is 16.5. The van der Waals surface area contributed by atoms with Crippen LogP contribution in [0.5, 0.6) is 5.75 Å². The van der Waals surface area contributed by atoms with Crippen LogP contribution in [0, 0.1) is 6.92 Å². The lowest BCUT2D eigenvalue weighted by Gasteiger charge is -1.99. The van der Waals surface area contributed by atoms with Crippen molar-refractivity contribution >= 4 is 10.9 Å². The van der Waals surface area contributed by atoms with E-state index in [0.29, 0.717) is 0 Å². The molecule has 1 aliphatic heterocycles. The molecule has 1 aliphatic rings. The maximum atomic E-state index is 5.82. The van der Waals surface area contributed by atoms with Crippen LogP contribution in [0.25, 0.3) is 10.9 Å². The number of benzene rings is 1. The van der Waals surface area contributed by atoms with E-state index in [9.17, 15) is 0 Å². The summed E-state index contributed by atoms with van der Waals surface area (Å²) in [6.45, 7) is 4.16. The predicted molar refractivity (Wildman–Crippen MR) is 54.2 cm³/mol. The molecule has 2 nitrogen and oxygen atoms in total. The Morgan fingerprint density at radius 3 is 3.00 bits per heavy atom. The Morgan fingerprint density at radius 2 is 2.14 bits per heavy atom. The summed E-state index contributed by atoms with van der Waals surface area (Å²) in [7, 11) is 0. The number of nitrogens with zero attached hydrogens (tertiary/aromatic N) is 1. The molecule has 2 heterocycles. The summed E-state index contributed by atoms with van der Waals surface area (Å²) in [6, 6.07) is 8.44. The van der Waals surface area contributed by atoms with Gasteiger partial charge in [0.15, 0.2) is 6.20 Å². The van der Waals surface area contributed by atoms with Crippen molar-refractivity contribution in [3.63, 3.8) is 0 Å². The van der Waals surface area contributed by atoms with Crippen molar-refractivity contribution < 1.29 is 9.30 Å². The molecule has 1 aromatic carbocycles. The second kappa shape index (κ2) is 2.47. The Morgan fingerprint density at radius 1 is 1.29 bits per heavy atom. The van der Waals surface area contributed by atoms with E-state index in [1.165, 1.54) is 16.5 Å². The molecule has 1 unspecified atom stereocenters. The Bertz CT molecular complexity index is 519. The van der Waals surface area contributed by atoms with Gasteiger partial charge in [-0.25, -0.2) is 0 Å². The largest absolute Gasteiger partial charge is 0.426 e. The van der Waals surface area contributed by atoms with Gasteiger partial charge in [0, 0.05) is 13.0 Å². The van der Waals surface area contributed by atoms with Crippen molar-refractivity contribution in [2.45, 2.75) is 20.1 Å². The molecular formula is C12H12NO+. The summed E-state index contributed by atoms with van der Waals surface area (Å²) >= 11 is 0. The summed E-state index contributed by atoms with van der Waals surface area (Å²) in [6.07, 6.45) is 2.19. The number of rotatable bonds is 0. The third kappa shape index (κ3) is 0.830. The fraction of sp³-hybridized carbons (Fsp3) is 0.250. The third-order valence-corrected chi connectivity index (χ3v) is 2.82. The van der Waals surface area contributed by atoms with Crippen LogP contribution in [-0.2, 0) is 0 Å². The van der Waals surface area contributed by atoms with E-state index in [2.05, 4.69) is 48.9 Å². The lowest BCUT2D eigenvalue weighted by atomic mass is 10.1. The minimum absolute atomic E-state index is 0.120. The first kappa shape index (κ1) is 7.80. The number of pyridine rings is 1. The molecule has 3 rings (SSSR count). The Kier molecular flexibility index (Phi) is 1.38. The zero-order valence-corrected chi connectivity index (χ0v) is 8.32. The number of hydrogen-bond donors (Lipinski definition) is 0. The second-order valence-corrected chi connectivity index (χ2v) is 3.78. The topological polar surface area (TPSA) is 13.1 Å². The van der Waals surface area contributed by atoms with Crippen molar-refractivity contribution in [3.05, 3.63) is 36.0 Å². The molecule has 2 aromatic rings. The highest BCUT2D eigenvalue weighted by Gasteiger charge is 2.30. The third-order valence-electron chi connectivity index (χ3n) is 2.82. The van der Waals surface area contributed by atoms with Gasteiger partial charge in [0.05, 0.1) is 5.39 Å². The van der Waals surface area contributed by atoms with Gasteiger partial charge in [-0.3, -0.25) is 0 Å². The lowest BCUT2D eigenvalue weighted by molar-refractivity contribution is -0.715. The van der Waals surface area contributed by atoms with Crippen molar-refractivity contribution in [1.29, 1.82) is 0 Å².